The van der Waals surface area contributed by atoms with E-state index >= 15 is 0 Å². The summed E-state index contributed by atoms with van der Waals surface area (Å²) in [5, 5.41) is 2.73. The molecule has 0 spiro atoms. The molecule has 0 bridgehead atoms. The van der Waals surface area contributed by atoms with Crippen LogP contribution in [0.2, 0.25) is 0 Å². The van der Waals surface area contributed by atoms with E-state index in [4.69, 9.17) is 0 Å². The molecule has 1 amide bonds. The molecule has 1 heterocycles. The standard InChI is InChI=1S/C8H11NO2/c1-8-5(2-3-6(8)10)4-9-7(8)11/h5H,2-4H2,1H3,(H,9,11). The Morgan fingerprint density at radius 1 is 1.55 bits per heavy atom. The van der Waals surface area contributed by atoms with Crippen LogP contribution in [-0.4, -0.2) is 18.2 Å². The Morgan fingerprint density at radius 2 is 2.27 bits per heavy atom. The highest BCUT2D eigenvalue weighted by Gasteiger charge is 2.55. The van der Waals surface area contributed by atoms with E-state index in [-0.39, 0.29) is 17.6 Å². The van der Waals surface area contributed by atoms with Crippen LogP contribution in [0.1, 0.15) is 19.8 Å². The molecular weight excluding hydrogens is 142 g/mol. The first-order valence-electron chi connectivity index (χ1n) is 3.97. The number of nitrogens with one attached hydrogen (secondary N) is 1. The molecule has 1 saturated heterocycles. The number of ketones is 1. The highest BCUT2D eigenvalue weighted by atomic mass is 16.2. The molecule has 2 unspecified atom stereocenters. The summed E-state index contributed by atoms with van der Waals surface area (Å²) in [6.07, 6.45) is 1.47. The van der Waals surface area contributed by atoms with Gasteiger partial charge in [-0.15, -0.1) is 0 Å². The molecule has 3 nitrogen and oxygen atoms in total. The van der Waals surface area contributed by atoms with Crippen molar-refractivity contribution in [3.8, 4) is 0 Å². The second kappa shape index (κ2) is 1.84. The van der Waals surface area contributed by atoms with E-state index in [1.165, 1.54) is 0 Å². The van der Waals surface area contributed by atoms with Gasteiger partial charge in [0.05, 0.1) is 0 Å². The maximum atomic E-state index is 11.3. The molecule has 2 fully saturated rings. The molecule has 0 aromatic carbocycles. The van der Waals surface area contributed by atoms with E-state index in [1.807, 2.05) is 0 Å². The lowest BCUT2D eigenvalue weighted by molar-refractivity contribution is -0.137. The lowest BCUT2D eigenvalue weighted by atomic mass is 9.82. The van der Waals surface area contributed by atoms with Gasteiger partial charge in [-0.1, -0.05) is 0 Å². The molecule has 1 saturated carbocycles. The molecule has 1 aliphatic carbocycles. The number of fused-ring (bicyclic) bond motifs is 1. The van der Waals surface area contributed by atoms with Gasteiger partial charge in [0.2, 0.25) is 5.91 Å². The number of carbonyl (C=O) groups is 2. The van der Waals surface area contributed by atoms with Crippen molar-refractivity contribution in [1.82, 2.24) is 5.32 Å². The maximum absolute atomic E-state index is 11.3. The zero-order valence-corrected chi connectivity index (χ0v) is 6.52. The fraction of sp³-hybridized carbons (Fsp3) is 0.750. The van der Waals surface area contributed by atoms with Crippen LogP contribution in [0.15, 0.2) is 0 Å². The Bertz CT molecular complexity index is 214. The normalized spacial score (nSPS) is 42.5. The van der Waals surface area contributed by atoms with Crippen LogP contribution in [-0.2, 0) is 9.59 Å². The molecule has 0 aromatic heterocycles. The van der Waals surface area contributed by atoms with Gasteiger partial charge in [0, 0.05) is 13.0 Å². The van der Waals surface area contributed by atoms with Crippen molar-refractivity contribution in [1.29, 1.82) is 0 Å². The van der Waals surface area contributed by atoms with Crippen molar-refractivity contribution in [2.24, 2.45) is 11.3 Å². The van der Waals surface area contributed by atoms with Crippen molar-refractivity contribution in [2.45, 2.75) is 19.8 Å². The number of rotatable bonds is 0. The van der Waals surface area contributed by atoms with Crippen LogP contribution >= 0.6 is 0 Å². The van der Waals surface area contributed by atoms with Crippen LogP contribution in [0.5, 0.6) is 0 Å². The van der Waals surface area contributed by atoms with E-state index in [0.29, 0.717) is 13.0 Å². The fourth-order valence-electron chi connectivity index (χ4n) is 2.10. The Hall–Kier alpha value is -0.860. The minimum atomic E-state index is -0.667. The molecule has 3 heteroatoms. The second-order valence-corrected chi connectivity index (χ2v) is 3.57. The number of carbonyl (C=O) groups excluding carboxylic acids is 2. The van der Waals surface area contributed by atoms with Gasteiger partial charge in [-0.05, 0) is 19.3 Å². The smallest absolute Gasteiger partial charge is 0.233 e. The number of hydrogen-bond acceptors (Lipinski definition) is 2. The highest BCUT2D eigenvalue weighted by molar-refractivity contribution is 6.08. The van der Waals surface area contributed by atoms with Gasteiger partial charge in [0.1, 0.15) is 11.2 Å². The third-order valence-corrected chi connectivity index (χ3v) is 3.10. The van der Waals surface area contributed by atoms with E-state index in [1.54, 1.807) is 6.92 Å². The number of hydrogen-bond donors (Lipinski definition) is 1. The molecule has 2 atom stereocenters. The lowest BCUT2D eigenvalue weighted by Crippen LogP contribution is -2.35. The largest absolute Gasteiger partial charge is 0.355 e. The van der Waals surface area contributed by atoms with Crippen LogP contribution in [0.4, 0.5) is 0 Å². The minimum Gasteiger partial charge on any atom is -0.355 e. The second-order valence-electron chi connectivity index (χ2n) is 3.57. The first-order valence-corrected chi connectivity index (χ1v) is 3.97. The summed E-state index contributed by atoms with van der Waals surface area (Å²) >= 11 is 0. The first kappa shape index (κ1) is 6.83. The van der Waals surface area contributed by atoms with Gasteiger partial charge in [0.25, 0.3) is 0 Å². The van der Waals surface area contributed by atoms with E-state index in [9.17, 15) is 9.59 Å². The molecule has 11 heavy (non-hydrogen) atoms. The third-order valence-electron chi connectivity index (χ3n) is 3.10. The summed E-state index contributed by atoms with van der Waals surface area (Å²) in [6, 6.07) is 0. The van der Waals surface area contributed by atoms with Crippen LogP contribution in [0.3, 0.4) is 0 Å². The molecule has 0 aromatic rings. The molecule has 60 valence electrons. The number of Topliss-reactive ketones (excluding diaryl/α,β-unsaturated/α-hetero) is 1. The molecular formula is C8H11NO2. The lowest BCUT2D eigenvalue weighted by Gasteiger charge is -2.16. The van der Waals surface area contributed by atoms with Gasteiger partial charge >= 0.3 is 0 Å². The van der Waals surface area contributed by atoms with Crippen molar-refractivity contribution in [3.05, 3.63) is 0 Å². The van der Waals surface area contributed by atoms with Crippen molar-refractivity contribution in [3.63, 3.8) is 0 Å². The SMILES string of the molecule is CC12C(=O)CCC1CNC2=O. The molecule has 1 N–H and O–H groups in total. The maximum Gasteiger partial charge on any atom is 0.233 e. The topological polar surface area (TPSA) is 46.2 Å². The zero-order chi connectivity index (χ0) is 8.06. The van der Waals surface area contributed by atoms with Crippen molar-refractivity contribution >= 4 is 11.7 Å². The third kappa shape index (κ3) is 0.633. The molecule has 2 rings (SSSR count). The van der Waals surface area contributed by atoms with Gasteiger partial charge in [0.15, 0.2) is 0 Å². The summed E-state index contributed by atoms with van der Waals surface area (Å²) < 4.78 is 0. The van der Waals surface area contributed by atoms with Gasteiger partial charge in [-0.25, -0.2) is 0 Å². The Kier molecular flexibility index (Phi) is 1.14. The van der Waals surface area contributed by atoms with Crippen LogP contribution < -0.4 is 5.32 Å². The quantitative estimate of drug-likeness (QED) is 0.502. The highest BCUT2D eigenvalue weighted by Crippen LogP contribution is 2.43. The van der Waals surface area contributed by atoms with Crippen LogP contribution in [0, 0.1) is 11.3 Å². The molecule has 0 radical (unpaired) electrons. The average molecular weight is 153 g/mol. The Balaban J connectivity index is 2.42. The minimum absolute atomic E-state index is 0.0648. The fourth-order valence-corrected chi connectivity index (χ4v) is 2.10. The summed E-state index contributed by atoms with van der Waals surface area (Å²) in [4.78, 5) is 22.6. The summed E-state index contributed by atoms with van der Waals surface area (Å²) in [5.74, 6) is 0.324. The molecule has 2 aliphatic rings. The number of amides is 1. The van der Waals surface area contributed by atoms with Gasteiger partial charge in [-0.3, -0.25) is 9.59 Å². The van der Waals surface area contributed by atoms with E-state index < -0.39 is 5.41 Å². The van der Waals surface area contributed by atoms with E-state index in [0.717, 1.165) is 6.42 Å². The van der Waals surface area contributed by atoms with Gasteiger partial charge in [-0.2, -0.15) is 0 Å². The van der Waals surface area contributed by atoms with Crippen molar-refractivity contribution in [2.75, 3.05) is 6.54 Å². The Morgan fingerprint density at radius 3 is 2.91 bits per heavy atom. The van der Waals surface area contributed by atoms with E-state index in [2.05, 4.69) is 5.32 Å². The summed E-state index contributed by atoms with van der Waals surface area (Å²) in [7, 11) is 0. The zero-order valence-electron chi connectivity index (χ0n) is 6.52. The first-order chi connectivity index (χ1) is 5.15. The predicted molar refractivity (Wildman–Crippen MR) is 38.8 cm³/mol. The van der Waals surface area contributed by atoms with Crippen LogP contribution in [0.25, 0.3) is 0 Å². The summed E-state index contributed by atoms with van der Waals surface area (Å²) in [5.41, 5.74) is -0.667. The Labute approximate surface area is 65.2 Å². The monoisotopic (exact) mass is 153 g/mol. The average Bonchev–Trinajstić information content (AvgIpc) is 2.40. The molecule has 1 aliphatic heterocycles. The predicted octanol–water partition coefficient (Wildman–Crippen LogP) is 0.102. The van der Waals surface area contributed by atoms with Gasteiger partial charge < -0.3 is 5.32 Å². The van der Waals surface area contributed by atoms with Crippen molar-refractivity contribution < 1.29 is 9.59 Å². The summed E-state index contributed by atoms with van der Waals surface area (Å²) in [6.45, 7) is 2.47.